The number of hydrogen-bond donors (Lipinski definition) is 2. The number of alkyl halides is 3. The van der Waals surface area contributed by atoms with Crippen molar-refractivity contribution < 1.29 is 27.5 Å². The first-order valence-corrected chi connectivity index (χ1v) is 8.27. The molecule has 0 aromatic heterocycles. The number of hydrogen-bond acceptors (Lipinski definition) is 4. The lowest BCUT2D eigenvalue weighted by molar-refractivity contribution is -0.137. The summed E-state index contributed by atoms with van der Waals surface area (Å²) in [6.07, 6.45) is -4.58. The van der Waals surface area contributed by atoms with Crippen LogP contribution in [0.4, 0.5) is 24.5 Å². The highest BCUT2D eigenvalue weighted by Gasteiger charge is 2.33. The predicted molar refractivity (Wildman–Crippen MR) is 99.2 cm³/mol. The van der Waals surface area contributed by atoms with Gasteiger partial charge in [0.2, 0.25) is 11.8 Å². The number of halogens is 3. The molecule has 0 aliphatic heterocycles. The highest BCUT2D eigenvalue weighted by Crippen LogP contribution is 2.34. The molecule has 0 bridgehead atoms. The van der Waals surface area contributed by atoms with E-state index in [2.05, 4.69) is 10.6 Å². The van der Waals surface area contributed by atoms with E-state index in [0.717, 1.165) is 6.07 Å². The first-order valence-electron chi connectivity index (χ1n) is 8.27. The molecular formula is C19H20F3N3O3. The van der Waals surface area contributed by atoms with Gasteiger partial charge >= 0.3 is 6.18 Å². The van der Waals surface area contributed by atoms with E-state index in [9.17, 15) is 22.8 Å². The van der Waals surface area contributed by atoms with Crippen molar-refractivity contribution in [1.82, 2.24) is 4.90 Å². The lowest BCUT2D eigenvalue weighted by atomic mass is 10.1. The highest BCUT2D eigenvalue weighted by atomic mass is 19.4. The molecular weight excluding hydrogens is 375 g/mol. The Morgan fingerprint density at radius 2 is 1.64 bits per heavy atom. The summed E-state index contributed by atoms with van der Waals surface area (Å²) < 4.78 is 44.0. The number of carbonyl (C=O) groups excluding carboxylic acids is 2. The van der Waals surface area contributed by atoms with Crippen molar-refractivity contribution in [3.8, 4) is 5.75 Å². The van der Waals surface area contributed by atoms with E-state index in [1.807, 2.05) is 0 Å². The van der Waals surface area contributed by atoms with Gasteiger partial charge in [0.05, 0.1) is 31.5 Å². The van der Waals surface area contributed by atoms with Crippen LogP contribution in [0.3, 0.4) is 0 Å². The summed E-state index contributed by atoms with van der Waals surface area (Å²) >= 11 is 0. The quantitative estimate of drug-likeness (QED) is 0.755. The zero-order valence-corrected chi connectivity index (χ0v) is 15.3. The number of ether oxygens (including phenoxy) is 1. The number of likely N-dealkylation sites (N-methyl/N-ethyl adjacent to an activating group) is 1. The summed E-state index contributed by atoms with van der Waals surface area (Å²) in [6, 6.07) is 11.5. The maximum atomic E-state index is 13.0. The van der Waals surface area contributed by atoms with Crippen LogP contribution >= 0.6 is 0 Å². The number of methoxy groups -OCH3 is 1. The zero-order valence-electron chi connectivity index (χ0n) is 15.3. The maximum Gasteiger partial charge on any atom is 0.418 e. The summed E-state index contributed by atoms with van der Waals surface area (Å²) in [7, 11) is 3.02. The molecule has 0 saturated carbocycles. The number of rotatable bonds is 7. The largest absolute Gasteiger partial charge is 0.497 e. The summed E-state index contributed by atoms with van der Waals surface area (Å²) in [5.41, 5.74) is -0.725. The van der Waals surface area contributed by atoms with E-state index in [0.29, 0.717) is 11.4 Å². The van der Waals surface area contributed by atoms with Gasteiger partial charge in [-0.1, -0.05) is 18.2 Å². The minimum atomic E-state index is -4.58. The van der Waals surface area contributed by atoms with E-state index < -0.39 is 17.6 Å². The SMILES string of the molecule is COc1cccc(NC(=O)CN(C)CC(=O)Nc2ccccc2C(F)(F)F)c1. The molecule has 6 nitrogen and oxygen atoms in total. The molecule has 0 spiro atoms. The van der Waals surface area contributed by atoms with Gasteiger partial charge in [-0.25, -0.2) is 0 Å². The fraction of sp³-hybridized carbons (Fsp3) is 0.263. The number of nitrogens with zero attached hydrogens (tertiary/aromatic N) is 1. The van der Waals surface area contributed by atoms with Crippen LogP contribution in [0.1, 0.15) is 5.56 Å². The van der Waals surface area contributed by atoms with Crippen LogP contribution in [-0.2, 0) is 15.8 Å². The normalized spacial score (nSPS) is 11.2. The van der Waals surface area contributed by atoms with Crippen LogP contribution in [0.5, 0.6) is 5.75 Å². The fourth-order valence-corrected chi connectivity index (χ4v) is 2.48. The van der Waals surface area contributed by atoms with E-state index in [4.69, 9.17) is 4.74 Å². The standard InChI is InChI=1S/C19H20F3N3O3/c1-25(11-17(26)23-13-6-5-7-14(10-13)28-2)12-18(27)24-16-9-4-3-8-15(16)19(20,21)22/h3-10H,11-12H2,1-2H3,(H,23,26)(H,24,27). The van der Waals surface area contributed by atoms with Gasteiger partial charge in [-0.15, -0.1) is 0 Å². The molecule has 0 fully saturated rings. The molecule has 0 radical (unpaired) electrons. The summed E-state index contributed by atoms with van der Waals surface area (Å²) in [6.45, 7) is -0.372. The Labute approximate surface area is 160 Å². The average molecular weight is 395 g/mol. The smallest absolute Gasteiger partial charge is 0.418 e. The molecule has 28 heavy (non-hydrogen) atoms. The van der Waals surface area contributed by atoms with Crippen molar-refractivity contribution in [1.29, 1.82) is 0 Å². The summed E-state index contributed by atoms with van der Waals surface area (Å²) in [4.78, 5) is 25.5. The van der Waals surface area contributed by atoms with Gasteiger partial charge in [0, 0.05) is 11.8 Å². The lowest BCUT2D eigenvalue weighted by Gasteiger charge is -2.18. The third kappa shape index (κ3) is 6.27. The van der Waals surface area contributed by atoms with Crippen LogP contribution in [0.25, 0.3) is 0 Å². The van der Waals surface area contributed by atoms with Crippen LogP contribution < -0.4 is 15.4 Å². The van der Waals surface area contributed by atoms with Crippen molar-refractivity contribution >= 4 is 23.2 Å². The molecule has 0 saturated heterocycles. The Hall–Kier alpha value is -3.07. The number of amides is 2. The molecule has 2 aromatic carbocycles. The van der Waals surface area contributed by atoms with Crippen molar-refractivity contribution in [2.45, 2.75) is 6.18 Å². The Morgan fingerprint density at radius 1 is 1.00 bits per heavy atom. The zero-order chi connectivity index (χ0) is 20.7. The van der Waals surface area contributed by atoms with Crippen LogP contribution in [-0.4, -0.2) is 44.0 Å². The van der Waals surface area contributed by atoms with Gasteiger partial charge in [-0.3, -0.25) is 14.5 Å². The lowest BCUT2D eigenvalue weighted by Crippen LogP contribution is -2.36. The predicted octanol–water partition coefficient (Wildman–Crippen LogP) is 3.22. The van der Waals surface area contributed by atoms with Crippen molar-refractivity contribution in [3.63, 3.8) is 0 Å². The van der Waals surface area contributed by atoms with Crippen LogP contribution in [0.15, 0.2) is 48.5 Å². The highest BCUT2D eigenvalue weighted by molar-refractivity contribution is 5.95. The molecule has 9 heteroatoms. The number of para-hydroxylation sites is 1. The van der Waals surface area contributed by atoms with Crippen molar-refractivity contribution in [2.24, 2.45) is 0 Å². The van der Waals surface area contributed by atoms with Gasteiger partial charge < -0.3 is 15.4 Å². The van der Waals surface area contributed by atoms with Crippen LogP contribution in [0.2, 0.25) is 0 Å². The van der Waals surface area contributed by atoms with Gasteiger partial charge in [0.25, 0.3) is 0 Å². The molecule has 0 aliphatic rings. The van der Waals surface area contributed by atoms with E-state index in [1.54, 1.807) is 24.3 Å². The van der Waals surface area contributed by atoms with Gasteiger partial charge in [0.1, 0.15) is 5.75 Å². The number of anilines is 2. The second-order valence-corrected chi connectivity index (χ2v) is 6.04. The molecule has 2 rings (SSSR count). The Bertz CT molecular complexity index is 840. The molecule has 2 amide bonds. The van der Waals surface area contributed by atoms with Crippen molar-refractivity contribution in [2.75, 3.05) is 37.9 Å². The van der Waals surface area contributed by atoms with Crippen LogP contribution in [0, 0.1) is 0 Å². The average Bonchev–Trinajstić information content (AvgIpc) is 2.60. The fourth-order valence-electron chi connectivity index (χ4n) is 2.48. The van der Waals surface area contributed by atoms with Gasteiger partial charge in [-0.2, -0.15) is 13.2 Å². The number of benzene rings is 2. The number of nitrogens with one attached hydrogen (secondary N) is 2. The third-order valence-electron chi connectivity index (χ3n) is 3.69. The molecule has 2 aromatic rings. The second kappa shape index (κ2) is 9.23. The Morgan fingerprint density at radius 3 is 2.29 bits per heavy atom. The molecule has 0 heterocycles. The number of carbonyl (C=O) groups is 2. The monoisotopic (exact) mass is 395 g/mol. The maximum absolute atomic E-state index is 13.0. The second-order valence-electron chi connectivity index (χ2n) is 6.04. The summed E-state index contributed by atoms with van der Waals surface area (Å²) in [5.74, 6) is -0.457. The molecule has 2 N–H and O–H groups in total. The van der Waals surface area contributed by atoms with Crippen molar-refractivity contribution in [3.05, 3.63) is 54.1 Å². The topological polar surface area (TPSA) is 70.7 Å². The first-order chi connectivity index (χ1) is 13.2. The molecule has 0 unspecified atom stereocenters. The van der Waals surface area contributed by atoms with Gasteiger partial charge in [-0.05, 0) is 31.3 Å². The van der Waals surface area contributed by atoms with E-state index in [1.165, 1.54) is 37.3 Å². The minimum absolute atomic E-state index is 0.119. The minimum Gasteiger partial charge on any atom is -0.497 e. The van der Waals surface area contributed by atoms with E-state index in [-0.39, 0.29) is 24.7 Å². The van der Waals surface area contributed by atoms with E-state index >= 15 is 0 Å². The molecule has 0 aliphatic carbocycles. The first kappa shape index (κ1) is 21.2. The third-order valence-corrected chi connectivity index (χ3v) is 3.69. The Kier molecular flexibility index (Phi) is 7.00. The molecule has 0 atom stereocenters. The Balaban J connectivity index is 1.90. The summed E-state index contributed by atoms with van der Waals surface area (Å²) in [5, 5.41) is 4.90. The van der Waals surface area contributed by atoms with Gasteiger partial charge in [0.15, 0.2) is 0 Å². The molecule has 150 valence electrons.